The monoisotopic (exact) mass is 294 g/mol. The van der Waals surface area contributed by atoms with Gasteiger partial charge in [-0.05, 0) is 19.1 Å². The van der Waals surface area contributed by atoms with E-state index in [9.17, 15) is 0 Å². The summed E-state index contributed by atoms with van der Waals surface area (Å²) in [4.78, 5) is 11.6. The van der Waals surface area contributed by atoms with E-state index >= 15 is 0 Å². The number of nitrogens with zero attached hydrogens (tertiary/aromatic N) is 5. The molecular formula is C16H18N6. The number of rotatable bonds is 2. The van der Waals surface area contributed by atoms with Gasteiger partial charge in [0.2, 0.25) is 0 Å². The molecular weight excluding hydrogens is 276 g/mol. The van der Waals surface area contributed by atoms with Crippen LogP contribution in [0.4, 0.5) is 5.82 Å². The van der Waals surface area contributed by atoms with Crippen molar-refractivity contribution in [3.8, 4) is 5.69 Å². The van der Waals surface area contributed by atoms with E-state index in [0.717, 1.165) is 54.5 Å². The molecule has 1 aliphatic rings. The van der Waals surface area contributed by atoms with E-state index in [1.807, 2.05) is 48.1 Å². The highest BCUT2D eigenvalue weighted by atomic mass is 15.3. The average Bonchev–Trinajstić information content (AvgIpc) is 2.99. The molecule has 1 aromatic carbocycles. The molecule has 6 heteroatoms. The van der Waals surface area contributed by atoms with E-state index in [-0.39, 0.29) is 0 Å². The van der Waals surface area contributed by atoms with Gasteiger partial charge >= 0.3 is 0 Å². The molecule has 3 aromatic rings. The predicted molar refractivity (Wildman–Crippen MR) is 86.5 cm³/mol. The molecule has 112 valence electrons. The second kappa shape index (κ2) is 5.38. The lowest BCUT2D eigenvalue weighted by atomic mass is 10.3. The van der Waals surface area contributed by atoms with Crippen molar-refractivity contribution < 1.29 is 0 Å². The fraction of sp³-hybridized carbons (Fsp3) is 0.312. The number of nitrogens with one attached hydrogen (secondary N) is 1. The van der Waals surface area contributed by atoms with Crippen molar-refractivity contribution in [2.24, 2.45) is 0 Å². The predicted octanol–water partition coefficient (Wildman–Crippen LogP) is 1.53. The van der Waals surface area contributed by atoms with Gasteiger partial charge in [-0.1, -0.05) is 18.2 Å². The number of piperazine rings is 1. The molecule has 0 radical (unpaired) electrons. The molecule has 0 spiro atoms. The van der Waals surface area contributed by atoms with Gasteiger partial charge in [0.1, 0.15) is 11.6 Å². The Bertz CT molecular complexity index is 789. The molecule has 1 aliphatic heterocycles. The van der Waals surface area contributed by atoms with Gasteiger partial charge in [0.15, 0.2) is 5.65 Å². The topological polar surface area (TPSA) is 58.9 Å². The summed E-state index contributed by atoms with van der Waals surface area (Å²) in [6, 6.07) is 10.1. The number of benzene rings is 1. The molecule has 3 heterocycles. The number of aromatic nitrogens is 4. The Morgan fingerprint density at radius 2 is 1.82 bits per heavy atom. The molecule has 2 aromatic heterocycles. The Balaban J connectivity index is 1.87. The highest BCUT2D eigenvalue weighted by Crippen LogP contribution is 2.25. The van der Waals surface area contributed by atoms with E-state index in [2.05, 4.69) is 25.3 Å². The molecule has 0 saturated carbocycles. The SMILES string of the molecule is Cc1nc(N2CCNCC2)c2cnn(-c3ccccc3)c2n1. The minimum Gasteiger partial charge on any atom is -0.353 e. The van der Waals surface area contributed by atoms with Crippen LogP contribution in [0, 0.1) is 6.92 Å². The Kier molecular flexibility index (Phi) is 3.23. The van der Waals surface area contributed by atoms with Gasteiger partial charge < -0.3 is 10.2 Å². The lowest BCUT2D eigenvalue weighted by Crippen LogP contribution is -2.44. The van der Waals surface area contributed by atoms with E-state index < -0.39 is 0 Å². The zero-order valence-electron chi connectivity index (χ0n) is 12.5. The van der Waals surface area contributed by atoms with Crippen molar-refractivity contribution in [2.45, 2.75) is 6.92 Å². The number of fused-ring (bicyclic) bond motifs is 1. The van der Waals surface area contributed by atoms with Crippen LogP contribution in [0.1, 0.15) is 5.82 Å². The van der Waals surface area contributed by atoms with Crippen molar-refractivity contribution in [3.63, 3.8) is 0 Å². The summed E-state index contributed by atoms with van der Waals surface area (Å²) >= 11 is 0. The number of anilines is 1. The summed E-state index contributed by atoms with van der Waals surface area (Å²) < 4.78 is 1.88. The fourth-order valence-electron chi connectivity index (χ4n) is 2.87. The van der Waals surface area contributed by atoms with E-state index in [1.165, 1.54) is 0 Å². The average molecular weight is 294 g/mol. The molecule has 6 nitrogen and oxygen atoms in total. The van der Waals surface area contributed by atoms with Gasteiger partial charge in [-0.15, -0.1) is 0 Å². The van der Waals surface area contributed by atoms with Crippen molar-refractivity contribution >= 4 is 16.9 Å². The Morgan fingerprint density at radius 1 is 1.05 bits per heavy atom. The third-order valence-electron chi connectivity index (χ3n) is 3.94. The molecule has 1 fully saturated rings. The van der Waals surface area contributed by atoms with Crippen LogP contribution >= 0.6 is 0 Å². The van der Waals surface area contributed by atoms with Crippen LogP contribution in [-0.4, -0.2) is 45.9 Å². The van der Waals surface area contributed by atoms with Crippen molar-refractivity contribution in [1.82, 2.24) is 25.1 Å². The van der Waals surface area contributed by atoms with Crippen LogP contribution in [0.2, 0.25) is 0 Å². The van der Waals surface area contributed by atoms with Gasteiger partial charge in [-0.25, -0.2) is 14.6 Å². The Labute approximate surface area is 128 Å². The molecule has 0 unspecified atom stereocenters. The van der Waals surface area contributed by atoms with Gasteiger partial charge in [-0.2, -0.15) is 5.10 Å². The third-order valence-corrected chi connectivity index (χ3v) is 3.94. The maximum atomic E-state index is 4.67. The van der Waals surface area contributed by atoms with Gasteiger partial charge in [0.05, 0.1) is 17.3 Å². The molecule has 1 N–H and O–H groups in total. The first-order chi connectivity index (χ1) is 10.8. The normalized spacial score (nSPS) is 15.4. The minimum absolute atomic E-state index is 0.777. The van der Waals surface area contributed by atoms with Crippen LogP contribution in [0.15, 0.2) is 36.5 Å². The van der Waals surface area contributed by atoms with E-state index in [4.69, 9.17) is 0 Å². The van der Waals surface area contributed by atoms with Crippen molar-refractivity contribution in [3.05, 3.63) is 42.4 Å². The lowest BCUT2D eigenvalue weighted by molar-refractivity contribution is 0.585. The lowest BCUT2D eigenvalue weighted by Gasteiger charge is -2.28. The molecule has 22 heavy (non-hydrogen) atoms. The van der Waals surface area contributed by atoms with Crippen LogP contribution in [0.3, 0.4) is 0 Å². The van der Waals surface area contributed by atoms with E-state index in [1.54, 1.807) is 0 Å². The van der Waals surface area contributed by atoms with Crippen LogP contribution in [0.25, 0.3) is 16.7 Å². The summed E-state index contributed by atoms with van der Waals surface area (Å²) in [7, 11) is 0. The minimum atomic E-state index is 0.777. The standard InChI is InChI=1S/C16H18N6/c1-12-19-15(21-9-7-17-8-10-21)14-11-18-22(16(14)20-12)13-5-3-2-4-6-13/h2-6,11,17H,7-10H2,1H3. The smallest absolute Gasteiger partial charge is 0.168 e. The maximum absolute atomic E-state index is 4.67. The molecule has 4 rings (SSSR count). The van der Waals surface area contributed by atoms with Gasteiger partial charge in [0.25, 0.3) is 0 Å². The zero-order valence-corrected chi connectivity index (χ0v) is 12.5. The van der Waals surface area contributed by atoms with Crippen LogP contribution in [0.5, 0.6) is 0 Å². The van der Waals surface area contributed by atoms with Gasteiger partial charge in [0, 0.05) is 26.2 Å². The largest absolute Gasteiger partial charge is 0.353 e. The number of para-hydroxylation sites is 1. The van der Waals surface area contributed by atoms with Gasteiger partial charge in [-0.3, -0.25) is 0 Å². The molecule has 0 atom stereocenters. The zero-order chi connectivity index (χ0) is 14.9. The van der Waals surface area contributed by atoms with Crippen LogP contribution < -0.4 is 10.2 Å². The first kappa shape index (κ1) is 13.2. The Morgan fingerprint density at radius 3 is 2.59 bits per heavy atom. The molecule has 0 amide bonds. The number of aryl methyl sites for hydroxylation is 1. The summed E-state index contributed by atoms with van der Waals surface area (Å²) in [5, 5.41) is 8.92. The van der Waals surface area contributed by atoms with Crippen molar-refractivity contribution in [1.29, 1.82) is 0 Å². The summed E-state index contributed by atoms with van der Waals surface area (Å²) in [6.45, 7) is 5.83. The first-order valence-electron chi connectivity index (χ1n) is 7.56. The molecule has 0 bridgehead atoms. The second-order valence-electron chi connectivity index (χ2n) is 5.46. The summed E-state index contributed by atoms with van der Waals surface area (Å²) in [5.41, 5.74) is 1.88. The number of hydrogen-bond donors (Lipinski definition) is 1. The first-order valence-corrected chi connectivity index (χ1v) is 7.56. The molecule has 0 aliphatic carbocycles. The summed E-state index contributed by atoms with van der Waals surface area (Å²) in [5.74, 6) is 1.77. The summed E-state index contributed by atoms with van der Waals surface area (Å²) in [6.07, 6.45) is 1.87. The van der Waals surface area contributed by atoms with Crippen LogP contribution in [-0.2, 0) is 0 Å². The van der Waals surface area contributed by atoms with E-state index in [0.29, 0.717) is 0 Å². The van der Waals surface area contributed by atoms with Crippen molar-refractivity contribution in [2.75, 3.05) is 31.1 Å². The third kappa shape index (κ3) is 2.21. The molecule has 1 saturated heterocycles. The highest BCUT2D eigenvalue weighted by Gasteiger charge is 2.19. The maximum Gasteiger partial charge on any atom is 0.168 e. The number of hydrogen-bond acceptors (Lipinski definition) is 5. The fourth-order valence-corrected chi connectivity index (χ4v) is 2.87. The quantitative estimate of drug-likeness (QED) is 0.777. The Hall–Kier alpha value is -2.47. The second-order valence-corrected chi connectivity index (χ2v) is 5.46. The highest BCUT2D eigenvalue weighted by molar-refractivity contribution is 5.88.